The second-order valence-electron chi connectivity index (χ2n) is 6.80. The maximum atomic E-state index is 12.6. The van der Waals surface area contributed by atoms with Gasteiger partial charge >= 0.3 is 0 Å². The zero-order valence-electron chi connectivity index (χ0n) is 14.7. The van der Waals surface area contributed by atoms with Crippen molar-refractivity contribution < 1.29 is 4.79 Å². The second-order valence-corrected chi connectivity index (χ2v) is 7.24. The molecule has 1 aliphatic heterocycles. The Hall–Kier alpha value is -1.63. The van der Waals surface area contributed by atoms with Gasteiger partial charge in [-0.05, 0) is 39.2 Å². The Morgan fingerprint density at radius 3 is 2.75 bits per heavy atom. The third kappa shape index (κ3) is 3.27. The topological polar surface area (TPSA) is 44.1 Å². The van der Waals surface area contributed by atoms with E-state index in [4.69, 9.17) is 11.6 Å². The van der Waals surface area contributed by atoms with Gasteiger partial charge in [-0.2, -0.15) is 0 Å². The summed E-state index contributed by atoms with van der Waals surface area (Å²) >= 11 is 6.16. The third-order valence-electron chi connectivity index (χ3n) is 4.68. The van der Waals surface area contributed by atoms with Crippen molar-refractivity contribution in [2.75, 3.05) is 41.3 Å². The first kappa shape index (κ1) is 17.2. The number of halogens is 1. The molecule has 1 fully saturated rings. The van der Waals surface area contributed by atoms with Crippen LogP contribution in [-0.4, -0.2) is 77.3 Å². The van der Waals surface area contributed by atoms with E-state index >= 15 is 0 Å². The van der Waals surface area contributed by atoms with Crippen molar-refractivity contribution in [1.29, 1.82) is 0 Å². The molecule has 3 rings (SSSR count). The molecule has 2 aromatic heterocycles. The number of carbonyl (C=O) groups excluding carboxylic acids is 1. The van der Waals surface area contributed by atoms with Crippen LogP contribution in [0.25, 0.3) is 5.65 Å². The highest BCUT2D eigenvalue weighted by atomic mass is 35.5. The van der Waals surface area contributed by atoms with Crippen molar-refractivity contribution in [3.63, 3.8) is 0 Å². The van der Waals surface area contributed by atoms with E-state index in [2.05, 4.69) is 28.9 Å². The number of carbonyl (C=O) groups is 1. The highest BCUT2D eigenvalue weighted by Gasteiger charge is 2.27. The van der Waals surface area contributed by atoms with E-state index < -0.39 is 0 Å². The van der Waals surface area contributed by atoms with Gasteiger partial charge in [-0.3, -0.25) is 9.69 Å². The minimum Gasteiger partial charge on any atom is -0.343 e. The molecule has 0 saturated carbocycles. The Morgan fingerprint density at radius 2 is 2.12 bits per heavy atom. The Bertz CT molecular complexity index is 757. The van der Waals surface area contributed by atoms with Crippen molar-refractivity contribution in [2.45, 2.75) is 19.0 Å². The van der Waals surface area contributed by atoms with Gasteiger partial charge in [-0.25, -0.2) is 4.98 Å². The fourth-order valence-electron chi connectivity index (χ4n) is 3.24. The van der Waals surface area contributed by atoms with E-state index in [-0.39, 0.29) is 5.91 Å². The molecule has 7 heteroatoms. The van der Waals surface area contributed by atoms with Gasteiger partial charge in [0.15, 0.2) is 5.69 Å². The summed E-state index contributed by atoms with van der Waals surface area (Å²) in [6, 6.07) is 4.14. The van der Waals surface area contributed by atoms with Gasteiger partial charge in [0.1, 0.15) is 5.65 Å². The number of fused-ring (bicyclic) bond motifs is 1. The van der Waals surface area contributed by atoms with E-state index in [1.54, 1.807) is 25.1 Å². The van der Waals surface area contributed by atoms with Gasteiger partial charge in [0.25, 0.3) is 5.91 Å². The Labute approximate surface area is 147 Å². The molecular weight excluding hydrogens is 326 g/mol. The molecule has 6 nitrogen and oxygen atoms in total. The van der Waals surface area contributed by atoms with Crippen LogP contribution in [0.2, 0.25) is 5.02 Å². The lowest BCUT2D eigenvalue weighted by atomic mass is 10.2. The summed E-state index contributed by atoms with van der Waals surface area (Å²) in [5, 5.41) is 0.633. The number of pyridine rings is 1. The monoisotopic (exact) mass is 349 g/mol. The van der Waals surface area contributed by atoms with Crippen LogP contribution in [0.4, 0.5) is 0 Å². The lowest BCUT2D eigenvalue weighted by Crippen LogP contribution is -2.34. The predicted molar refractivity (Wildman–Crippen MR) is 95.6 cm³/mol. The van der Waals surface area contributed by atoms with Crippen molar-refractivity contribution in [3.8, 4) is 0 Å². The summed E-state index contributed by atoms with van der Waals surface area (Å²) in [6.07, 6.45) is 2.97. The molecule has 1 saturated heterocycles. The maximum Gasteiger partial charge on any atom is 0.273 e. The summed E-state index contributed by atoms with van der Waals surface area (Å²) in [7, 11) is 7.75. The molecular formula is C17H24ClN5O. The number of likely N-dealkylation sites (tertiary alicyclic amines) is 1. The van der Waals surface area contributed by atoms with Gasteiger partial charge in [-0.1, -0.05) is 11.6 Å². The van der Waals surface area contributed by atoms with Crippen LogP contribution in [0.15, 0.2) is 18.3 Å². The summed E-state index contributed by atoms with van der Waals surface area (Å²) in [5.74, 6) is -0.0817. The first-order chi connectivity index (χ1) is 11.4. The van der Waals surface area contributed by atoms with Crippen LogP contribution in [0.5, 0.6) is 0 Å². The van der Waals surface area contributed by atoms with Gasteiger partial charge in [0, 0.05) is 39.4 Å². The maximum absolute atomic E-state index is 12.6. The van der Waals surface area contributed by atoms with Crippen molar-refractivity contribution in [2.24, 2.45) is 0 Å². The molecule has 1 amide bonds. The Morgan fingerprint density at radius 1 is 1.38 bits per heavy atom. The highest BCUT2D eigenvalue weighted by molar-refractivity contribution is 6.30. The molecule has 130 valence electrons. The van der Waals surface area contributed by atoms with Crippen LogP contribution in [-0.2, 0) is 6.54 Å². The minimum atomic E-state index is -0.0817. The first-order valence-electron chi connectivity index (χ1n) is 8.13. The van der Waals surface area contributed by atoms with Gasteiger partial charge in [0.05, 0.1) is 10.7 Å². The molecule has 0 N–H and O–H groups in total. The lowest BCUT2D eigenvalue weighted by molar-refractivity contribution is 0.0819. The number of aromatic nitrogens is 2. The second kappa shape index (κ2) is 6.70. The molecule has 1 aliphatic rings. The molecule has 2 aromatic rings. The standard InChI is InChI=1S/C17H24ClN5O/c1-20(2)17(24)16-14(11-22(4)13-7-8-21(3)10-13)23-9-12(18)5-6-15(23)19-16/h5-6,9,13H,7-8,10-11H2,1-4H3/t13-/m0/s1. The summed E-state index contributed by atoms with van der Waals surface area (Å²) < 4.78 is 1.94. The zero-order valence-corrected chi connectivity index (χ0v) is 15.4. The van der Waals surface area contributed by atoms with Gasteiger partial charge in [-0.15, -0.1) is 0 Å². The number of rotatable bonds is 4. The number of hydrogen-bond donors (Lipinski definition) is 0. The quantitative estimate of drug-likeness (QED) is 0.844. The van der Waals surface area contributed by atoms with E-state index in [1.165, 1.54) is 0 Å². The highest BCUT2D eigenvalue weighted by Crippen LogP contribution is 2.21. The molecule has 24 heavy (non-hydrogen) atoms. The van der Waals surface area contributed by atoms with Crippen LogP contribution >= 0.6 is 11.6 Å². The van der Waals surface area contributed by atoms with Crippen LogP contribution in [0, 0.1) is 0 Å². The molecule has 0 aromatic carbocycles. The number of amides is 1. The molecule has 0 unspecified atom stereocenters. The fraction of sp³-hybridized carbons (Fsp3) is 0.529. The molecule has 0 radical (unpaired) electrons. The van der Waals surface area contributed by atoms with E-state index in [1.807, 2.05) is 16.7 Å². The van der Waals surface area contributed by atoms with Crippen LogP contribution < -0.4 is 0 Å². The molecule has 1 atom stereocenters. The molecule has 0 aliphatic carbocycles. The average Bonchev–Trinajstić information content (AvgIpc) is 3.11. The number of imidazole rings is 1. The van der Waals surface area contributed by atoms with E-state index in [0.717, 1.165) is 30.9 Å². The SMILES string of the molecule is CN1CC[C@H](N(C)Cc2c(C(=O)N(C)C)nc3ccc(Cl)cn23)C1. The van der Waals surface area contributed by atoms with Gasteiger partial charge < -0.3 is 14.2 Å². The Kier molecular flexibility index (Phi) is 4.80. The summed E-state index contributed by atoms with van der Waals surface area (Å²) in [5.41, 5.74) is 2.14. The Balaban J connectivity index is 1.98. The average molecular weight is 350 g/mol. The molecule has 3 heterocycles. The van der Waals surface area contributed by atoms with E-state index in [9.17, 15) is 4.79 Å². The van der Waals surface area contributed by atoms with Crippen LogP contribution in [0.1, 0.15) is 22.6 Å². The number of likely N-dealkylation sites (N-methyl/N-ethyl adjacent to an activating group) is 2. The zero-order chi connectivity index (χ0) is 17.4. The van der Waals surface area contributed by atoms with Crippen molar-refractivity contribution in [1.82, 2.24) is 24.1 Å². The summed E-state index contributed by atoms with van der Waals surface area (Å²) in [6.45, 7) is 2.82. The number of nitrogens with zero attached hydrogens (tertiary/aromatic N) is 5. The number of hydrogen-bond acceptors (Lipinski definition) is 4. The van der Waals surface area contributed by atoms with E-state index in [0.29, 0.717) is 23.3 Å². The third-order valence-corrected chi connectivity index (χ3v) is 4.90. The molecule has 0 spiro atoms. The smallest absolute Gasteiger partial charge is 0.273 e. The minimum absolute atomic E-state index is 0.0817. The normalized spacial score (nSPS) is 18.7. The molecule has 0 bridgehead atoms. The largest absolute Gasteiger partial charge is 0.343 e. The van der Waals surface area contributed by atoms with Crippen LogP contribution in [0.3, 0.4) is 0 Å². The summed E-state index contributed by atoms with van der Waals surface area (Å²) in [4.78, 5) is 23.3. The van der Waals surface area contributed by atoms with Crippen molar-refractivity contribution in [3.05, 3.63) is 34.7 Å². The van der Waals surface area contributed by atoms with Crippen molar-refractivity contribution >= 4 is 23.2 Å². The fourth-order valence-corrected chi connectivity index (χ4v) is 3.40. The first-order valence-corrected chi connectivity index (χ1v) is 8.51. The lowest BCUT2D eigenvalue weighted by Gasteiger charge is -2.24. The predicted octanol–water partition coefficient (Wildman–Crippen LogP) is 1.83. The van der Waals surface area contributed by atoms with Gasteiger partial charge in [0.2, 0.25) is 0 Å².